The molecule has 12 heteroatoms. The highest BCUT2D eigenvalue weighted by atomic mass is 32.3. The summed E-state index contributed by atoms with van der Waals surface area (Å²) in [7, 11) is -9.79. The molecule has 0 radical (unpaired) electrons. The summed E-state index contributed by atoms with van der Waals surface area (Å²) in [6.45, 7) is 9.62. The summed E-state index contributed by atoms with van der Waals surface area (Å²) in [6, 6.07) is 0. The van der Waals surface area contributed by atoms with E-state index in [1.165, 1.54) is 12.5 Å². The van der Waals surface area contributed by atoms with E-state index >= 15 is 0 Å². The first-order chi connectivity index (χ1) is 18.9. The Balaban J connectivity index is 1.59. The molecule has 0 aromatic carbocycles. The van der Waals surface area contributed by atoms with Crippen molar-refractivity contribution in [1.82, 2.24) is 0 Å². The standard InChI is InChI=1S/C29H46O10S2/c1-18(2)7-6-8-20(17-37-40(31,32)33)23-11-12-24-22-10-9-21-15-26(38-19(3)30)27(39-41(34,35)36)16-29(21,5)25(22)13-14-28(23,24)4/h7,9,20,22-27H,6,8,10-17H2,1-5H3,(H,31,32,33)(H,34,35,36)/p-2/t20-,22-,23+,24-,25-,26-,27-,28+,29-/m0/s1. The van der Waals surface area contributed by atoms with Gasteiger partial charge in [0.25, 0.3) is 0 Å². The molecule has 0 spiro atoms. The van der Waals surface area contributed by atoms with Gasteiger partial charge in [0.05, 0.1) is 6.61 Å². The van der Waals surface area contributed by atoms with Gasteiger partial charge in [-0.1, -0.05) is 37.1 Å². The normalized spacial score (nSPS) is 37.7. The van der Waals surface area contributed by atoms with Crippen LogP contribution in [0.3, 0.4) is 0 Å². The van der Waals surface area contributed by atoms with Crippen molar-refractivity contribution in [2.75, 3.05) is 6.61 Å². The molecule has 0 aromatic rings. The molecule has 10 nitrogen and oxygen atoms in total. The molecule has 234 valence electrons. The van der Waals surface area contributed by atoms with Crippen LogP contribution in [0.5, 0.6) is 0 Å². The van der Waals surface area contributed by atoms with E-state index in [1.807, 2.05) is 13.8 Å². The third kappa shape index (κ3) is 7.26. The smallest absolute Gasteiger partial charge is 0.303 e. The Morgan fingerprint density at radius 3 is 2.37 bits per heavy atom. The number of fused-ring (bicyclic) bond motifs is 5. The van der Waals surface area contributed by atoms with Crippen LogP contribution in [0.25, 0.3) is 0 Å². The molecule has 4 rings (SSSR count). The molecular formula is C29H44O10S2-2. The van der Waals surface area contributed by atoms with Crippen molar-refractivity contribution in [2.45, 2.75) is 105 Å². The number of carbonyl (C=O) groups excluding carboxylic acids is 1. The summed E-state index contributed by atoms with van der Waals surface area (Å²) in [6.07, 6.45) is 9.16. The summed E-state index contributed by atoms with van der Waals surface area (Å²) in [5.74, 6) is 0.517. The molecule has 0 aromatic heterocycles. The Morgan fingerprint density at radius 2 is 1.76 bits per heavy atom. The van der Waals surface area contributed by atoms with Crippen LogP contribution < -0.4 is 0 Å². The molecule has 3 fully saturated rings. The fourth-order valence-electron chi connectivity index (χ4n) is 9.20. The lowest BCUT2D eigenvalue weighted by Crippen LogP contribution is -2.54. The van der Waals surface area contributed by atoms with E-state index in [1.54, 1.807) is 0 Å². The molecule has 0 aliphatic heterocycles. The summed E-state index contributed by atoms with van der Waals surface area (Å²) in [4.78, 5) is 11.7. The second kappa shape index (κ2) is 12.0. The van der Waals surface area contributed by atoms with Crippen molar-refractivity contribution in [3.05, 3.63) is 23.3 Å². The number of ether oxygens (including phenoxy) is 1. The van der Waals surface area contributed by atoms with E-state index in [9.17, 15) is 30.7 Å². The quantitative estimate of drug-likeness (QED) is 0.144. The summed E-state index contributed by atoms with van der Waals surface area (Å²) in [5, 5.41) is 0. The van der Waals surface area contributed by atoms with E-state index in [0.717, 1.165) is 50.5 Å². The lowest BCUT2D eigenvalue weighted by atomic mass is 9.46. The Labute approximate surface area is 245 Å². The maximum atomic E-state index is 11.7. The van der Waals surface area contributed by atoms with Crippen LogP contribution in [0.15, 0.2) is 23.3 Å². The van der Waals surface area contributed by atoms with Crippen molar-refractivity contribution in [3.63, 3.8) is 0 Å². The molecule has 41 heavy (non-hydrogen) atoms. The number of allylic oxidation sites excluding steroid dienone is 3. The Hall–Kier alpha value is -1.31. The summed E-state index contributed by atoms with van der Waals surface area (Å²) >= 11 is 0. The van der Waals surface area contributed by atoms with Gasteiger partial charge in [0.15, 0.2) is 0 Å². The highest BCUT2D eigenvalue weighted by Crippen LogP contribution is 2.67. The molecule has 0 amide bonds. The molecule has 3 saturated carbocycles. The second-order valence-corrected chi connectivity index (χ2v) is 15.5. The van der Waals surface area contributed by atoms with Crippen molar-refractivity contribution in [1.29, 1.82) is 0 Å². The van der Waals surface area contributed by atoms with Gasteiger partial charge < -0.3 is 13.8 Å². The van der Waals surface area contributed by atoms with Crippen LogP contribution >= 0.6 is 0 Å². The minimum atomic E-state index is -5.00. The Bertz CT molecular complexity index is 1270. The van der Waals surface area contributed by atoms with Crippen LogP contribution in [-0.4, -0.2) is 50.7 Å². The Morgan fingerprint density at radius 1 is 1.05 bits per heavy atom. The van der Waals surface area contributed by atoms with Crippen molar-refractivity contribution in [3.8, 4) is 0 Å². The van der Waals surface area contributed by atoms with E-state index < -0.39 is 44.4 Å². The monoisotopic (exact) mass is 616 g/mol. The van der Waals surface area contributed by atoms with Crippen molar-refractivity contribution in [2.24, 2.45) is 40.4 Å². The second-order valence-electron chi connectivity index (χ2n) is 13.4. The first-order valence-corrected chi connectivity index (χ1v) is 17.3. The molecule has 4 aliphatic carbocycles. The third-order valence-electron chi connectivity index (χ3n) is 10.8. The maximum absolute atomic E-state index is 11.7. The van der Waals surface area contributed by atoms with Gasteiger partial charge in [-0.15, -0.1) is 0 Å². The van der Waals surface area contributed by atoms with Crippen LogP contribution in [0.2, 0.25) is 0 Å². The lowest BCUT2D eigenvalue weighted by Gasteiger charge is -2.59. The maximum Gasteiger partial charge on any atom is 0.303 e. The largest absolute Gasteiger partial charge is 0.726 e. The van der Waals surface area contributed by atoms with Crippen molar-refractivity contribution < 1.29 is 43.8 Å². The van der Waals surface area contributed by atoms with Gasteiger partial charge in [-0.3, -0.25) is 13.2 Å². The minimum absolute atomic E-state index is 0.0578. The summed E-state index contributed by atoms with van der Waals surface area (Å²) < 4.78 is 84.1. The zero-order valence-electron chi connectivity index (χ0n) is 24.7. The SMILES string of the molecule is CC(=O)O[C@H]1CC2=CC[C@H]3[C@@H]4CC[C@H]([C@@H](CCC=C(C)C)COS(=O)(=O)[O-])[C@@]4(C)CC[C@@H]3[C@@]2(C)C[C@@H]1OS(=O)(=O)[O-]. The van der Waals surface area contributed by atoms with E-state index in [2.05, 4.69) is 26.0 Å². The number of esters is 1. The van der Waals surface area contributed by atoms with Gasteiger partial charge in [-0.2, -0.15) is 0 Å². The molecule has 9 atom stereocenters. The van der Waals surface area contributed by atoms with Gasteiger partial charge in [-0.25, -0.2) is 16.8 Å². The molecule has 0 heterocycles. The molecule has 0 saturated heterocycles. The zero-order chi connectivity index (χ0) is 30.4. The molecule has 0 bridgehead atoms. The highest BCUT2D eigenvalue weighted by molar-refractivity contribution is 7.81. The van der Waals surface area contributed by atoms with Gasteiger partial charge in [0.1, 0.15) is 12.2 Å². The predicted molar refractivity (Wildman–Crippen MR) is 149 cm³/mol. The first kappa shape index (κ1) is 32.6. The fourth-order valence-corrected chi connectivity index (χ4v) is 10.0. The van der Waals surface area contributed by atoms with Crippen molar-refractivity contribution >= 4 is 26.8 Å². The topological polar surface area (TPSA) is 159 Å². The average molecular weight is 617 g/mol. The van der Waals surface area contributed by atoms with Crippen LogP contribution in [0, 0.1) is 40.4 Å². The van der Waals surface area contributed by atoms with Crippen LogP contribution in [-0.2, 0) is 38.7 Å². The van der Waals surface area contributed by atoms with E-state index in [-0.39, 0.29) is 36.2 Å². The number of rotatable bonds is 10. The number of hydrogen-bond donors (Lipinski definition) is 0. The number of carbonyl (C=O) groups is 1. The molecular weight excluding hydrogens is 572 g/mol. The minimum Gasteiger partial charge on any atom is -0.726 e. The van der Waals surface area contributed by atoms with E-state index in [4.69, 9.17) is 13.1 Å². The number of hydrogen-bond acceptors (Lipinski definition) is 10. The van der Waals surface area contributed by atoms with Gasteiger partial charge in [-0.05, 0) is 106 Å². The van der Waals surface area contributed by atoms with Gasteiger partial charge in [0, 0.05) is 13.3 Å². The highest BCUT2D eigenvalue weighted by Gasteiger charge is 2.60. The fraction of sp³-hybridized carbons (Fsp3) is 0.828. The predicted octanol–water partition coefficient (Wildman–Crippen LogP) is 4.79. The summed E-state index contributed by atoms with van der Waals surface area (Å²) in [5.41, 5.74) is 1.85. The Kier molecular flexibility index (Phi) is 9.54. The molecule has 0 unspecified atom stereocenters. The first-order valence-electron chi connectivity index (χ1n) is 14.7. The van der Waals surface area contributed by atoms with E-state index in [0.29, 0.717) is 18.3 Å². The van der Waals surface area contributed by atoms with Crippen LogP contribution in [0.4, 0.5) is 0 Å². The van der Waals surface area contributed by atoms with Crippen LogP contribution in [0.1, 0.15) is 92.4 Å². The molecule has 0 N–H and O–H groups in total. The lowest BCUT2D eigenvalue weighted by molar-refractivity contribution is -0.157. The third-order valence-corrected chi connectivity index (χ3v) is 11.7. The van der Waals surface area contributed by atoms with Gasteiger partial charge >= 0.3 is 5.97 Å². The van der Waals surface area contributed by atoms with Gasteiger partial charge in [0.2, 0.25) is 20.8 Å². The zero-order valence-corrected chi connectivity index (χ0v) is 26.3. The molecule has 4 aliphatic rings. The average Bonchev–Trinajstić information content (AvgIpc) is 3.17.